The average molecular weight is 497 g/mol. The van der Waals surface area contributed by atoms with Crippen LogP contribution in [-0.2, 0) is 29.7 Å². The van der Waals surface area contributed by atoms with E-state index in [1.54, 1.807) is 24.4 Å². The van der Waals surface area contributed by atoms with E-state index in [-0.39, 0.29) is 6.61 Å². The zero-order valence-electron chi connectivity index (χ0n) is 19.6. The molecule has 1 aromatic carbocycles. The van der Waals surface area contributed by atoms with E-state index in [0.717, 1.165) is 37.4 Å². The minimum atomic E-state index is -0.574. The van der Waals surface area contributed by atoms with Crippen LogP contribution in [0.2, 0.25) is 5.02 Å². The van der Waals surface area contributed by atoms with Crippen molar-refractivity contribution in [2.45, 2.75) is 31.9 Å². The largest absolute Gasteiger partial charge is 0.473 e. The number of benzene rings is 1. The number of rotatable bonds is 6. The number of nitrogens with zero attached hydrogens (tertiary/aromatic N) is 4. The predicted molar refractivity (Wildman–Crippen MR) is 129 cm³/mol. The molecule has 1 aliphatic heterocycles. The molecule has 1 saturated heterocycles. The molecule has 0 aliphatic carbocycles. The summed E-state index contributed by atoms with van der Waals surface area (Å²) in [4.78, 5) is 22.7. The first-order valence-corrected chi connectivity index (χ1v) is 11.7. The SMILES string of the molecule is COC(=O)C#Cc1cnc(CN2CCC(c3cccc(OCc4ccc(Cl)cc4F)n3)CC2)n1C. The lowest BCUT2D eigenvalue weighted by atomic mass is 9.93. The van der Waals surface area contributed by atoms with Crippen LogP contribution in [0, 0.1) is 17.7 Å². The maximum absolute atomic E-state index is 14.0. The molecule has 9 heteroatoms. The summed E-state index contributed by atoms with van der Waals surface area (Å²) in [6.07, 6.45) is 3.59. The second-order valence-electron chi connectivity index (χ2n) is 8.34. The Bertz CT molecular complexity index is 1260. The van der Waals surface area contributed by atoms with Crippen LogP contribution in [0.15, 0.2) is 42.6 Å². The number of piperidine rings is 1. The van der Waals surface area contributed by atoms with Gasteiger partial charge in [0.25, 0.3) is 0 Å². The molecule has 0 spiro atoms. The van der Waals surface area contributed by atoms with Gasteiger partial charge in [0.1, 0.15) is 23.9 Å². The molecule has 0 amide bonds. The summed E-state index contributed by atoms with van der Waals surface area (Å²) in [6.45, 7) is 2.60. The van der Waals surface area contributed by atoms with Crippen LogP contribution in [0.4, 0.5) is 4.39 Å². The molecule has 1 aliphatic rings. The zero-order valence-corrected chi connectivity index (χ0v) is 20.4. The third-order valence-electron chi connectivity index (χ3n) is 6.07. The Morgan fingerprint density at radius 1 is 1.26 bits per heavy atom. The van der Waals surface area contributed by atoms with E-state index in [0.29, 0.717) is 34.6 Å². The number of pyridine rings is 1. The highest BCUT2D eigenvalue weighted by Gasteiger charge is 2.23. The Balaban J connectivity index is 1.31. The third-order valence-corrected chi connectivity index (χ3v) is 6.30. The number of carbonyl (C=O) groups is 1. The van der Waals surface area contributed by atoms with Crippen LogP contribution in [0.3, 0.4) is 0 Å². The second kappa shape index (κ2) is 11.3. The number of ether oxygens (including phenoxy) is 2. The van der Waals surface area contributed by atoms with Crippen LogP contribution in [0.25, 0.3) is 0 Å². The van der Waals surface area contributed by atoms with Gasteiger partial charge in [-0.2, -0.15) is 0 Å². The molecule has 0 radical (unpaired) electrons. The fourth-order valence-corrected chi connectivity index (χ4v) is 4.15. The molecule has 3 aromatic rings. The highest BCUT2D eigenvalue weighted by molar-refractivity contribution is 6.30. The standard InChI is InChI=1S/C26H26ClFN4O3/c1-31-21(8-9-26(33)34-2)15-29-24(31)16-32-12-10-18(11-13-32)23-4-3-5-25(30-23)35-17-19-6-7-20(27)14-22(19)28/h3-7,14-15,18H,10-13,16-17H2,1-2H3. The zero-order chi connectivity index (χ0) is 24.8. The lowest BCUT2D eigenvalue weighted by molar-refractivity contribution is -0.133. The first kappa shape index (κ1) is 24.7. The predicted octanol–water partition coefficient (Wildman–Crippen LogP) is 4.09. The molecule has 3 heterocycles. The summed E-state index contributed by atoms with van der Waals surface area (Å²) >= 11 is 5.81. The fourth-order valence-electron chi connectivity index (χ4n) is 3.99. The second-order valence-corrected chi connectivity index (χ2v) is 8.77. The number of likely N-dealkylation sites (tertiary alicyclic amines) is 1. The molecule has 1 fully saturated rings. The van der Waals surface area contributed by atoms with E-state index in [1.165, 1.54) is 13.2 Å². The Labute approximate surface area is 208 Å². The molecule has 0 atom stereocenters. The quantitative estimate of drug-likeness (QED) is 0.378. The molecule has 0 bridgehead atoms. The van der Waals surface area contributed by atoms with Crippen molar-refractivity contribution in [1.82, 2.24) is 19.4 Å². The van der Waals surface area contributed by atoms with Crippen molar-refractivity contribution in [2.24, 2.45) is 7.05 Å². The molecule has 0 unspecified atom stereocenters. The van der Waals surface area contributed by atoms with E-state index < -0.39 is 11.8 Å². The average Bonchev–Trinajstić information content (AvgIpc) is 3.21. The van der Waals surface area contributed by atoms with Crippen molar-refractivity contribution in [2.75, 3.05) is 20.2 Å². The highest BCUT2D eigenvalue weighted by Crippen LogP contribution is 2.28. The van der Waals surface area contributed by atoms with Crippen molar-refractivity contribution in [1.29, 1.82) is 0 Å². The molecule has 2 aromatic heterocycles. The van der Waals surface area contributed by atoms with Crippen molar-refractivity contribution < 1.29 is 18.7 Å². The molecule has 7 nitrogen and oxygen atoms in total. The fraction of sp³-hybridized carbons (Fsp3) is 0.346. The molecular formula is C26H26ClFN4O3. The number of halogens is 2. The van der Waals surface area contributed by atoms with Crippen LogP contribution in [0.1, 0.15) is 41.5 Å². The first-order chi connectivity index (χ1) is 16.9. The maximum atomic E-state index is 14.0. The molecule has 35 heavy (non-hydrogen) atoms. The molecular weight excluding hydrogens is 471 g/mol. The maximum Gasteiger partial charge on any atom is 0.384 e. The van der Waals surface area contributed by atoms with Gasteiger partial charge in [-0.15, -0.1) is 0 Å². The minimum absolute atomic E-state index is 0.0908. The van der Waals surface area contributed by atoms with Crippen molar-refractivity contribution in [3.8, 4) is 17.7 Å². The van der Waals surface area contributed by atoms with E-state index in [2.05, 4.69) is 31.4 Å². The summed E-state index contributed by atoms with van der Waals surface area (Å²) in [6, 6.07) is 10.3. The first-order valence-electron chi connectivity index (χ1n) is 11.3. The van der Waals surface area contributed by atoms with Crippen LogP contribution in [-0.4, -0.2) is 45.6 Å². The van der Waals surface area contributed by atoms with Crippen LogP contribution in [0.5, 0.6) is 5.88 Å². The Morgan fingerprint density at radius 2 is 2.06 bits per heavy atom. The van der Waals surface area contributed by atoms with Crippen LogP contribution < -0.4 is 4.74 Å². The van der Waals surface area contributed by atoms with Gasteiger partial charge in [-0.3, -0.25) is 4.90 Å². The Hall–Kier alpha value is -3.41. The van der Waals surface area contributed by atoms with Gasteiger partial charge >= 0.3 is 5.97 Å². The van der Waals surface area contributed by atoms with Gasteiger partial charge in [-0.25, -0.2) is 19.2 Å². The number of methoxy groups -OCH3 is 1. The summed E-state index contributed by atoms with van der Waals surface area (Å²) in [7, 11) is 3.19. The van der Waals surface area contributed by atoms with E-state index >= 15 is 0 Å². The topological polar surface area (TPSA) is 69.5 Å². The van der Waals surface area contributed by atoms with Gasteiger partial charge in [0.05, 0.1) is 19.9 Å². The monoisotopic (exact) mass is 496 g/mol. The number of hydrogen-bond donors (Lipinski definition) is 0. The van der Waals surface area contributed by atoms with Gasteiger partial charge < -0.3 is 14.0 Å². The molecule has 0 saturated carbocycles. The van der Waals surface area contributed by atoms with E-state index in [1.807, 2.05) is 23.7 Å². The van der Waals surface area contributed by atoms with Crippen molar-refractivity contribution >= 4 is 17.6 Å². The minimum Gasteiger partial charge on any atom is -0.473 e. The number of aromatic nitrogens is 3. The van der Waals surface area contributed by atoms with Gasteiger partial charge in [0.15, 0.2) is 0 Å². The van der Waals surface area contributed by atoms with Gasteiger partial charge in [-0.05, 0) is 50.1 Å². The summed E-state index contributed by atoms with van der Waals surface area (Å²) in [5, 5.41) is 0.355. The normalized spacial score (nSPS) is 14.3. The van der Waals surface area contributed by atoms with Gasteiger partial charge in [-0.1, -0.05) is 23.7 Å². The third kappa shape index (κ3) is 6.38. The van der Waals surface area contributed by atoms with E-state index in [4.69, 9.17) is 16.3 Å². The smallest absolute Gasteiger partial charge is 0.384 e. The molecule has 0 N–H and O–H groups in total. The summed E-state index contributed by atoms with van der Waals surface area (Å²) < 4.78 is 26.2. The highest BCUT2D eigenvalue weighted by atomic mass is 35.5. The van der Waals surface area contributed by atoms with Gasteiger partial charge in [0, 0.05) is 41.2 Å². The van der Waals surface area contributed by atoms with Crippen molar-refractivity contribution in [3.63, 3.8) is 0 Å². The summed E-state index contributed by atoms with van der Waals surface area (Å²) in [5.41, 5.74) is 2.08. The van der Waals surface area contributed by atoms with Crippen LogP contribution >= 0.6 is 11.6 Å². The number of carbonyl (C=O) groups excluding carboxylic acids is 1. The lowest BCUT2D eigenvalue weighted by Crippen LogP contribution is -2.33. The number of esters is 1. The Morgan fingerprint density at radius 3 is 2.80 bits per heavy atom. The van der Waals surface area contributed by atoms with Crippen molar-refractivity contribution in [3.05, 3.63) is 76.2 Å². The molecule has 4 rings (SSSR count). The van der Waals surface area contributed by atoms with E-state index in [9.17, 15) is 9.18 Å². The molecule has 182 valence electrons. The summed E-state index contributed by atoms with van der Waals surface area (Å²) in [5.74, 6) is 5.95. The number of imidazole rings is 1. The lowest BCUT2D eigenvalue weighted by Gasteiger charge is -2.31. The number of hydrogen-bond acceptors (Lipinski definition) is 6. The van der Waals surface area contributed by atoms with Gasteiger partial charge in [0.2, 0.25) is 5.88 Å². The Kier molecular flexibility index (Phi) is 8.01.